The zero-order valence-electron chi connectivity index (χ0n) is 17.7. The van der Waals surface area contributed by atoms with Crippen LogP contribution in [0.1, 0.15) is 32.7 Å². The van der Waals surface area contributed by atoms with Gasteiger partial charge in [0.1, 0.15) is 0 Å². The van der Waals surface area contributed by atoms with E-state index >= 15 is 0 Å². The van der Waals surface area contributed by atoms with E-state index in [1.54, 1.807) is 24.3 Å². The third-order valence-electron chi connectivity index (χ3n) is 7.06. The number of carbonyl (C=O) groups is 4. The number of anilines is 1. The third kappa shape index (κ3) is 3.67. The number of alkyl halides is 2. The maximum Gasteiger partial charge on any atom is 0.338 e. The van der Waals surface area contributed by atoms with Crippen molar-refractivity contribution in [2.45, 2.75) is 23.0 Å². The lowest BCUT2D eigenvalue weighted by Crippen LogP contribution is -2.37. The van der Waals surface area contributed by atoms with E-state index in [0.29, 0.717) is 11.3 Å². The fourth-order valence-electron chi connectivity index (χ4n) is 5.39. The number of hydrogen-bond acceptors (Lipinski definition) is 5. The Labute approximate surface area is 207 Å². The number of nitrogens with zero attached hydrogens (tertiary/aromatic N) is 1. The zero-order valence-corrected chi connectivity index (χ0v) is 20.9. The predicted octanol–water partition coefficient (Wildman–Crippen LogP) is 4.32. The van der Waals surface area contributed by atoms with E-state index in [1.807, 2.05) is 19.1 Å². The van der Waals surface area contributed by atoms with Gasteiger partial charge >= 0.3 is 5.97 Å². The Morgan fingerprint density at radius 2 is 1.39 bits per heavy atom. The fourth-order valence-corrected chi connectivity index (χ4v) is 7.26. The standard InChI is InChI=1S/C25H21Br2NO5/c1-12-2-4-13(5-3-12)18(29)11-33-25(32)14-6-8-15(9-7-14)28-23(30)19-16-10-17(20(19)24(28)31)22(27)21(16)26/h2-9,16-17,19-22H,10-11H2,1H3/t16-,17-,19-,20-,21-,22+/m0/s1. The number of amides is 2. The average molecular weight is 575 g/mol. The van der Waals surface area contributed by atoms with Crippen LogP contribution in [0, 0.1) is 30.6 Å². The molecule has 2 saturated carbocycles. The molecule has 0 N–H and O–H groups in total. The van der Waals surface area contributed by atoms with Crippen molar-refractivity contribution < 1.29 is 23.9 Å². The number of Topliss-reactive ketones (excluding diaryl/α,β-unsaturated/α-hetero) is 1. The molecule has 0 unspecified atom stereocenters. The van der Waals surface area contributed by atoms with Crippen molar-refractivity contribution in [3.63, 3.8) is 0 Å². The summed E-state index contributed by atoms with van der Waals surface area (Å²) < 4.78 is 5.16. The molecule has 2 aromatic rings. The molecule has 6 nitrogen and oxygen atoms in total. The molecule has 33 heavy (non-hydrogen) atoms. The van der Waals surface area contributed by atoms with Crippen molar-refractivity contribution in [1.82, 2.24) is 0 Å². The van der Waals surface area contributed by atoms with Gasteiger partial charge in [-0.05, 0) is 49.4 Å². The first-order valence-corrected chi connectivity index (χ1v) is 12.6. The van der Waals surface area contributed by atoms with Crippen molar-refractivity contribution in [3.05, 3.63) is 65.2 Å². The molecular weight excluding hydrogens is 554 g/mol. The second-order valence-electron chi connectivity index (χ2n) is 8.93. The topological polar surface area (TPSA) is 80.8 Å². The van der Waals surface area contributed by atoms with Crippen LogP contribution in [0.3, 0.4) is 0 Å². The maximum atomic E-state index is 13.1. The summed E-state index contributed by atoms with van der Waals surface area (Å²) in [5.41, 5.74) is 2.21. The van der Waals surface area contributed by atoms with Gasteiger partial charge in [0.2, 0.25) is 11.8 Å². The zero-order chi connectivity index (χ0) is 23.4. The summed E-state index contributed by atoms with van der Waals surface area (Å²) >= 11 is 7.37. The summed E-state index contributed by atoms with van der Waals surface area (Å²) in [6, 6.07) is 13.2. The Bertz CT molecular complexity index is 1110. The lowest BCUT2D eigenvalue weighted by molar-refractivity contribution is -0.123. The van der Waals surface area contributed by atoms with E-state index in [1.165, 1.54) is 17.0 Å². The second-order valence-corrected chi connectivity index (χ2v) is 11.0. The molecule has 0 radical (unpaired) electrons. The number of benzene rings is 2. The first-order valence-electron chi connectivity index (χ1n) is 10.8. The molecular formula is C25H21Br2NO5. The van der Waals surface area contributed by atoms with Gasteiger partial charge in [0.15, 0.2) is 12.4 Å². The van der Waals surface area contributed by atoms with Crippen LogP contribution in [-0.4, -0.2) is 39.8 Å². The van der Waals surface area contributed by atoms with Crippen LogP contribution in [0.5, 0.6) is 0 Å². The average Bonchev–Trinajstić information content (AvgIpc) is 3.42. The Kier molecular flexibility index (Phi) is 5.77. The second kappa shape index (κ2) is 8.47. The summed E-state index contributed by atoms with van der Waals surface area (Å²) in [5, 5.41) is 0. The van der Waals surface area contributed by atoms with Gasteiger partial charge in [0.25, 0.3) is 0 Å². The molecule has 1 heterocycles. The Morgan fingerprint density at radius 1 is 0.879 bits per heavy atom. The van der Waals surface area contributed by atoms with Crippen LogP contribution in [0.15, 0.2) is 48.5 Å². The molecule has 170 valence electrons. The summed E-state index contributed by atoms with van der Waals surface area (Å²) in [4.78, 5) is 52.5. The number of hydrogen-bond donors (Lipinski definition) is 0. The quantitative estimate of drug-likeness (QED) is 0.230. The predicted molar refractivity (Wildman–Crippen MR) is 129 cm³/mol. The summed E-state index contributed by atoms with van der Waals surface area (Å²) in [6.07, 6.45) is 0.874. The Balaban J connectivity index is 1.26. The number of carbonyl (C=O) groups excluding carboxylic acids is 4. The number of rotatable bonds is 5. The molecule has 0 aromatic heterocycles. The van der Waals surface area contributed by atoms with Gasteiger partial charge in [-0.15, -0.1) is 0 Å². The van der Waals surface area contributed by atoms with Crippen LogP contribution in [-0.2, 0) is 14.3 Å². The molecule has 1 aliphatic heterocycles. The Hall–Kier alpha value is -2.32. The molecule has 3 fully saturated rings. The van der Waals surface area contributed by atoms with Crippen molar-refractivity contribution in [3.8, 4) is 0 Å². The third-order valence-corrected chi connectivity index (χ3v) is 10.3. The highest BCUT2D eigenvalue weighted by molar-refractivity contribution is 9.12. The molecule has 8 heteroatoms. The number of ether oxygens (including phenoxy) is 1. The van der Waals surface area contributed by atoms with Gasteiger partial charge in [-0.1, -0.05) is 61.7 Å². The molecule has 2 aromatic carbocycles. The van der Waals surface area contributed by atoms with Crippen molar-refractivity contribution in [2.75, 3.05) is 11.5 Å². The van der Waals surface area contributed by atoms with Crippen molar-refractivity contribution in [1.29, 1.82) is 0 Å². The monoisotopic (exact) mass is 573 g/mol. The lowest BCUT2D eigenvalue weighted by Gasteiger charge is -2.28. The van der Waals surface area contributed by atoms with E-state index in [2.05, 4.69) is 31.9 Å². The number of halogens is 2. The summed E-state index contributed by atoms with van der Waals surface area (Å²) in [5.74, 6) is -1.56. The molecule has 3 aliphatic rings. The molecule has 2 amide bonds. The number of esters is 1. The number of imide groups is 1. The number of ketones is 1. The van der Waals surface area contributed by atoms with Gasteiger partial charge in [-0.25, -0.2) is 4.79 Å². The normalized spacial score (nSPS) is 30.0. The Morgan fingerprint density at radius 3 is 1.94 bits per heavy atom. The van der Waals surface area contributed by atoms with Crippen molar-refractivity contribution in [2.24, 2.45) is 23.7 Å². The molecule has 0 spiro atoms. The molecule has 2 bridgehead atoms. The smallest absolute Gasteiger partial charge is 0.338 e. The van der Waals surface area contributed by atoms with Gasteiger partial charge in [0.05, 0.1) is 23.1 Å². The molecule has 2 aliphatic carbocycles. The van der Waals surface area contributed by atoms with Gasteiger partial charge < -0.3 is 4.74 Å². The SMILES string of the molecule is Cc1ccc(C(=O)COC(=O)c2ccc(N3C(=O)[C@H]4[C@@H]5C[C@H]([C@@H](Br)[C@H]5Br)[C@@H]4C3=O)cc2)cc1. The highest BCUT2D eigenvalue weighted by Gasteiger charge is 2.66. The minimum atomic E-state index is -0.639. The molecule has 1 saturated heterocycles. The molecule has 5 rings (SSSR count). The number of aryl methyl sites for hydroxylation is 1. The summed E-state index contributed by atoms with van der Waals surface area (Å²) in [7, 11) is 0. The van der Waals surface area contributed by atoms with Crippen LogP contribution < -0.4 is 4.90 Å². The minimum Gasteiger partial charge on any atom is -0.454 e. The van der Waals surface area contributed by atoms with E-state index in [-0.39, 0.29) is 63.1 Å². The van der Waals surface area contributed by atoms with Crippen LogP contribution in [0.25, 0.3) is 0 Å². The largest absolute Gasteiger partial charge is 0.454 e. The van der Waals surface area contributed by atoms with Crippen LogP contribution in [0.2, 0.25) is 0 Å². The van der Waals surface area contributed by atoms with Crippen molar-refractivity contribution >= 4 is 61.1 Å². The number of fused-ring (bicyclic) bond motifs is 5. The van der Waals surface area contributed by atoms with Gasteiger partial charge in [-0.3, -0.25) is 19.3 Å². The van der Waals surface area contributed by atoms with Crippen LogP contribution >= 0.6 is 31.9 Å². The van der Waals surface area contributed by atoms with E-state index < -0.39 is 5.97 Å². The molecule has 6 atom stereocenters. The van der Waals surface area contributed by atoms with E-state index in [0.717, 1.165) is 12.0 Å². The van der Waals surface area contributed by atoms with Crippen LogP contribution in [0.4, 0.5) is 5.69 Å². The minimum absolute atomic E-state index is 0.145. The van der Waals surface area contributed by atoms with Gasteiger partial charge in [0, 0.05) is 15.2 Å². The van der Waals surface area contributed by atoms with E-state index in [9.17, 15) is 19.2 Å². The van der Waals surface area contributed by atoms with Gasteiger partial charge in [-0.2, -0.15) is 0 Å². The highest BCUT2D eigenvalue weighted by atomic mass is 79.9. The maximum absolute atomic E-state index is 13.1. The summed E-state index contributed by atoms with van der Waals surface area (Å²) in [6.45, 7) is 1.56. The first kappa shape index (κ1) is 22.5. The highest BCUT2D eigenvalue weighted by Crippen LogP contribution is 2.60. The van der Waals surface area contributed by atoms with E-state index in [4.69, 9.17) is 4.74 Å². The fraction of sp³-hybridized carbons (Fsp3) is 0.360. The lowest BCUT2D eigenvalue weighted by atomic mass is 9.81. The first-order chi connectivity index (χ1) is 15.8.